The number of carbonyl (C=O) groups excluding carboxylic acids is 1. The third kappa shape index (κ3) is 2.29. The van der Waals surface area contributed by atoms with Crippen LogP contribution in [0.2, 0.25) is 0 Å². The fraction of sp³-hybridized carbons (Fsp3) is 0.688. The van der Waals surface area contributed by atoms with Crippen molar-refractivity contribution in [1.29, 1.82) is 0 Å². The maximum atomic E-state index is 12.5. The summed E-state index contributed by atoms with van der Waals surface area (Å²) < 4.78 is 0. The van der Waals surface area contributed by atoms with Gasteiger partial charge in [-0.2, -0.15) is 0 Å². The van der Waals surface area contributed by atoms with Gasteiger partial charge >= 0.3 is 0 Å². The molecule has 3 atom stereocenters. The van der Waals surface area contributed by atoms with E-state index in [-0.39, 0.29) is 5.91 Å². The van der Waals surface area contributed by atoms with E-state index in [4.69, 9.17) is 0 Å². The lowest BCUT2D eigenvalue weighted by Gasteiger charge is -2.21. The third-order valence-electron chi connectivity index (χ3n) is 5.12. The number of nitrogens with one attached hydrogen (secondary N) is 1. The Kier molecular flexibility index (Phi) is 3.11. The highest BCUT2D eigenvalue weighted by Crippen LogP contribution is 2.40. The first-order valence-electron chi connectivity index (χ1n) is 7.82. The van der Waals surface area contributed by atoms with Crippen molar-refractivity contribution in [3.63, 3.8) is 0 Å². The molecule has 2 heterocycles. The molecule has 1 aliphatic heterocycles. The van der Waals surface area contributed by atoms with Crippen LogP contribution in [-0.4, -0.2) is 36.0 Å². The quantitative estimate of drug-likeness (QED) is 0.928. The van der Waals surface area contributed by atoms with E-state index in [1.54, 1.807) is 11.3 Å². The van der Waals surface area contributed by atoms with Crippen molar-refractivity contribution in [2.45, 2.75) is 44.7 Å². The molecule has 0 unspecified atom stereocenters. The van der Waals surface area contributed by atoms with Crippen molar-refractivity contribution in [2.75, 3.05) is 13.1 Å². The Balaban J connectivity index is 1.43. The largest absolute Gasteiger partial charge is 0.337 e. The highest BCUT2D eigenvalue weighted by molar-refractivity contribution is 7.13. The summed E-state index contributed by atoms with van der Waals surface area (Å²) in [5.74, 6) is 1.68. The summed E-state index contributed by atoms with van der Waals surface area (Å²) >= 11 is 1.63. The van der Waals surface area contributed by atoms with Crippen LogP contribution in [0.1, 0.15) is 40.2 Å². The maximum Gasteiger partial charge on any atom is 0.263 e. The van der Waals surface area contributed by atoms with Crippen LogP contribution in [0.25, 0.3) is 0 Å². The molecule has 2 aliphatic carbocycles. The second kappa shape index (κ2) is 4.85. The molecule has 3 fully saturated rings. The van der Waals surface area contributed by atoms with Crippen molar-refractivity contribution >= 4 is 17.2 Å². The third-order valence-corrected chi connectivity index (χ3v) is 6.11. The molecule has 20 heavy (non-hydrogen) atoms. The number of likely N-dealkylation sites (tertiary alicyclic amines) is 1. The number of aryl methyl sites for hydroxylation is 1. The standard InChI is InChI=1S/C16H22N2OS/c1-10-2-7-15(20-10)16(19)18-8-11-3-6-14(13(11)9-18)17-12-4-5-12/h2,7,11-14,17H,3-6,8-9H2,1H3/t11-,13+,14+/m0/s1. The normalized spacial score (nSPS) is 32.6. The van der Waals surface area contributed by atoms with Gasteiger partial charge in [-0.3, -0.25) is 4.79 Å². The molecule has 1 amide bonds. The van der Waals surface area contributed by atoms with Crippen LogP contribution in [0.3, 0.4) is 0 Å². The van der Waals surface area contributed by atoms with E-state index in [2.05, 4.69) is 17.1 Å². The summed E-state index contributed by atoms with van der Waals surface area (Å²) in [6.45, 7) is 4.00. The predicted molar refractivity (Wildman–Crippen MR) is 81.1 cm³/mol. The van der Waals surface area contributed by atoms with Gasteiger partial charge in [0.1, 0.15) is 0 Å². The first-order chi connectivity index (χ1) is 9.70. The number of hydrogen-bond donors (Lipinski definition) is 1. The van der Waals surface area contributed by atoms with Gasteiger partial charge < -0.3 is 10.2 Å². The molecule has 0 spiro atoms. The number of thiophene rings is 1. The summed E-state index contributed by atoms with van der Waals surface area (Å²) in [5, 5.41) is 3.79. The molecule has 1 aromatic rings. The van der Waals surface area contributed by atoms with Gasteiger partial charge in [0.2, 0.25) is 0 Å². The van der Waals surface area contributed by atoms with E-state index in [9.17, 15) is 4.79 Å². The van der Waals surface area contributed by atoms with Gasteiger partial charge in [-0.05, 0) is 56.6 Å². The molecule has 3 nitrogen and oxygen atoms in total. The maximum absolute atomic E-state index is 12.5. The molecule has 1 N–H and O–H groups in total. The van der Waals surface area contributed by atoms with E-state index < -0.39 is 0 Å². The Bertz CT molecular complexity index is 522. The summed E-state index contributed by atoms with van der Waals surface area (Å²) in [7, 11) is 0. The number of amides is 1. The van der Waals surface area contributed by atoms with Crippen LogP contribution >= 0.6 is 11.3 Å². The van der Waals surface area contributed by atoms with Crippen LogP contribution in [0, 0.1) is 18.8 Å². The van der Waals surface area contributed by atoms with Gasteiger partial charge in [-0.1, -0.05) is 0 Å². The van der Waals surface area contributed by atoms with Crippen LogP contribution in [-0.2, 0) is 0 Å². The number of fused-ring (bicyclic) bond motifs is 1. The zero-order chi connectivity index (χ0) is 13.7. The minimum absolute atomic E-state index is 0.252. The summed E-state index contributed by atoms with van der Waals surface area (Å²) in [4.78, 5) is 16.8. The van der Waals surface area contributed by atoms with Gasteiger partial charge in [0.05, 0.1) is 4.88 Å². The van der Waals surface area contributed by atoms with Crippen LogP contribution in [0.5, 0.6) is 0 Å². The Labute approximate surface area is 124 Å². The van der Waals surface area contributed by atoms with Crippen molar-refractivity contribution in [2.24, 2.45) is 11.8 Å². The first kappa shape index (κ1) is 12.8. The molecule has 2 saturated carbocycles. The SMILES string of the molecule is Cc1ccc(C(=O)N2C[C@@H]3CC[C@@H](NC4CC4)[C@@H]3C2)s1. The van der Waals surface area contributed by atoms with Gasteiger partial charge in [-0.25, -0.2) is 0 Å². The highest BCUT2D eigenvalue weighted by Gasteiger charge is 2.45. The van der Waals surface area contributed by atoms with Crippen LogP contribution in [0.15, 0.2) is 12.1 Å². The topological polar surface area (TPSA) is 32.3 Å². The molecular weight excluding hydrogens is 268 g/mol. The minimum Gasteiger partial charge on any atom is -0.337 e. The average Bonchev–Trinajstić information content (AvgIpc) is 2.85. The smallest absolute Gasteiger partial charge is 0.263 e. The van der Waals surface area contributed by atoms with Gasteiger partial charge in [0, 0.05) is 30.1 Å². The van der Waals surface area contributed by atoms with E-state index in [0.29, 0.717) is 12.0 Å². The Morgan fingerprint density at radius 1 is 1.25 bits per heavy atom. The highest BCUT2D eigenvalue weighted by atomic mass is 32.1. The van der Waals surface area contributed by atoms with Gasteiger partial charge in [-0.15, -0.1) is 11.3 Å². The van der Waals surface area contributed by atoms with Crippen LogP contribution in [0.4, 0.5) is 0 Å². The Morgan fingerprint density at radius 2 is 2.10 bits per heavy atom. The van der Waals surface area contributed by atoms with Crippen molar-refractivity contribution in [1.82, 2.24) is 10.2 Å². The fourth-order valence-electron chi connectivity index (χ4n) is 3.90. The summed E-state index contributed by atoms with van der Waals surface area (Å²) in [6.07, 6.45) is 5.31. The molecule has 0 radical (unpaired) electrons. The molecule has 0 bridgehead atoms. The lowest BCUT2D eigenvalue weighted by molar-refractivity contribution is 0.0783. The molecule has 108 valence electrons. The number of carbonyl (C=O) groups is 1. The number of rotatable bonds is 3. The van der Waals surface area contributed by atoms with Gasteiger partial charge in [0.15, 0.2) is 0 Å². The lowest BCUT2D eigenvalue weighted by atomic mass is 9.98. The van der Waals surface area contributed by atoms with Crippen LogP contribution < -0.4 is 5.32 Å². The predicted octanol–water partition coefficient (Wildman–Crippen LogP) is 2.66. The van der Waals surface area contributed by atoms with Crippen molar-refractivity contribution in [3.05, 3.63) is 21.9 Å². The Hall–Kier alpha value is -0.870. The minimum atomic E-state index is 0.252. The van der Waals surface area contributed by atoms with E-state index in [1.165, 1.54) is 30.6 Å². The summed E-state index contributed by atoms with van der Waals surface area (Å²) in [5.41, 5.74) is 0. The van der Waals surface area contributed by atoms with Gasteiger partial charge in [0.25, 0.3) is 5.91 Å². The van der Waals surface area contributed by atoms with Crippen molar-refractivity contribution in [3.8, 4) is 0 Å². The molecular formula is C16H22N2OS. The van der Waals surface area contributed by atoms with E-state index in [1.807, 2.05) is 12.1 Å². The second-order valence-electron chi connectivity index (χ2n) is 6.67. The monoisotopic (exact) mass is 290 g/mol. The lowest BCUT2D eigenvalue weighted by Crippen LogP contribution is -2.38. The first-order valence-corrected chi connectivity index (χ1v) is 8.64. The second-order valence-corrected chi connectivity index (χ2v) is 7.96. The number of nitrogens with zero attached hydrogens (tertiary/aromatic N) is 1. The summed E-state index contributed by atoms with van der Waals surface area (Å²) in [6, 6.07) is 5.47. The molecule has 0 aromatic carbocycles. The van der Waals surface area contributed by atoms with E-state index in [0.717, 1.165) is 29.9 Å². The van der Waals surface area contributed by atoms with Crippen molar-refractivity contribution < 1.29 is 4.79 Å². The van der Waals surface area contributed by atoms with E-state index >= 15 is 0 Å². The molecule has 4 rings (SSSR count). The number of hydrogen-bond acceptors (Lipinski definition) is 3. The molecule has 4 heteroatoms. The molecule has 3 aliphatic rings. The zero-order valence-corrected chi connectivity index (χ0v) is 12.8. The zero-order valence-electron chi connectivity index (χ0n) is 12.0. The fourth-order valence-corrected chi connectivity index (χ4v) is 4.73. The Morgan fingerprint density at radius 3 is 2.80 bits per heavy atom. The molecule has 1 saturated heterocycles. The molecule has 1 aromatic heterocycles. The average molecular weight is 290 g/mol.